The van der Waals surface area contributed by atoms with Crippen LogP contribution in [0.3, 0.4) is 0 Å². The first-order valence-corrected chi connectivity index (χ1v) is 10.0. The molecule has 1 atom stereocenters. The van der Waals surface area contributed by atoms with Crippen molar-refractivity contribution in [2.75, 3.05) is 20.7 Å². The van der Waals surface area contributed by atoms with E-state index in [9.17, 15) is 18.3 Å². The Kier molecular flexibility index (Phi) is 7.26. The lowest BCUT2D eigenvalue weighted by atomic mass is 10.0. The molecule has 7 heteroatoms. The third kappa shape index (κ3) is 5.79. The molecule has 31 heavy (non-hydrogen) atoms. The van der Waals surface area contributed by atoms with Gasteiger partial charge in [-0.15, -0.1) is 0 Å². The van der Waals surface area contributed by atoms with Crippen LogP contribution in [-0.2, 0) is 12.7 Å². The van der Waals surface area contributed by atoms with Gasteiger partial charge in [0.1, 0.15) is 5.75 Å². The Hall–Kier alpha value is -2.54. The van der Waals surface area contributed by atoms with E-state index >= 15 is 0 Å². The van der Waals surface area contributed by atoms with E-state index < -0.39 is 17.8 Å². The maximum absolute atomic E-state index is 12.7. The van der Waals surface area contributed by atoms with Crippen LogP contribution in [0.15, 0.2) is 66.7 Å². The molecule has 0 aliphatic rings. The third-order valence-corrected chi connectivity index (χ3v) is 5.35. The molecular formula is C24H23ClF3NO2. The maximum atomic E-state index is 12.7. The molecule has 0 aromatic heterocycles. The van der Waals surface area contributed by atoms with Gasteiger partial charge in [-0.1, -0.05) is 54.1 Å². The molecule has 164 valence electrons. The highest BCUT2D eigenvalue weighted by molar-refractivity contribution is 6.33. The molecule has 0 saturated heterocycles. The Balaban J connectivity index is 1.69. The standard InChI is InChI=1S/C24H23ClF3NO2/c1-29(15-22(30)16-9-11-19(12-10-16)24(26,27)28)14-18-8-7-17(13-23(18)31-2)20-5-3-4-6-21(20)25/h3-13,22,30H,14-15H2,1-2H3. The average molecular weight is 450 g/mol. The fourth-order valence-corrected chi connectivity index (χ4v) is 3.63. The Bertz CT molecular complexity index is 1020. The number of benzene rings is 3. The van der Waals surface area contributed by atoms with Crippen LogP contribution in [-0.4, -0.2) is 30.7 Å². The molecule has 0 aliphatic carbocycles. The van der Waals surface area contributed by atoms with E-state index in [1.54, 1.807) is 7.11 Å². The minimum absolute atomic E-state index is 0.251. The molecule has 1 unspecified atom stereocenters. The number of aliphatic hydroxyl groups excluding tert-OH is 1. The Morgan fingerprint density at radius 3 is 2.32 bits per heavy atom. The first-order valence-electron chi connectivity index (χ1n) is 9.64. The zero-order valence-electron chi connectivity index (χ0n) is 17.2. The van der Waals surface area contributed by atoms with E-state index in [4.69, 9.17) is 16.3 Å². The molecule has 3 aromatic rings. The number of rotatable bonds is 7. The molecule has 0 saturated carbocycles. The molecule has 0 radical (unpaired) electrons. The van der Waals surface area contributed by atoms with Crippen LogP contribution >= 0.6 is 11.6 Å². The van der Waals surface area contributed by atoms with E-state index in [-0.39, 0.29) is 6.54 Å². The highest BCUT2D eigenvalue weighted by Gasteiger charge is 2.30. The lowest BCUT2D eigenvalue weighted by molar-refractivity contribution is -0.137. The SMILES string of the molecule is COc1cc(-c2ccccc2Cl)ccc1CN(C)CC(O)c1ccc(C(F)(F)F)cc1. The number of nitrogens with zero attached hydrogens (tertiary/aromatic N) is 1. The summed E-state index contributed by atoms with van der Waals surface area (Å²) in [6.45, 7) is 0.741. The van der Waals surface area contributed by atoms with Crippen LogP contribution in [0.2, 0.25) is 5.02 Å². The molecule has 0 fully saturated rings. The lowest BCUT2D eigenvalue weighted by Gasteiger charge is -2.22. The van der Waals surface area contributed by atoms with Crippen LogP contribution in [0.5, 0.6) is 5.75 Å². The first-order chi connectivity index (χ1) is 14.7. The van der Waals surface area contributed by atoms with Crippen LogP contribution in [0, 0.1) is 0 Å². The second-order valence-electron chi connectivity index (χ2n) is 7.34. The van der Waals surface area contributed by atoms with Gasteiger partial charge in [-0.2, -0.15) is 13.2 Å². The number of hydrogen-bond donors (Lipinski definition) is 1. The Morgan fingerprint density at radius 1 is 1.03 bits per heavy atom. The monoisotopic (exact) mass is 449 g/mol. The van der Waals surface area contributed by atoms with Gasteiger partial charge < -0.3 is 9.84 Å². The van der Waals surface area contributed by atoms with Crippen molar-refractivity contribution in [2.24, 2.45) is 0 Å². The molecular weight excluding hydrogens is 427 g/mol. The summed E-state index contributed by atoms with van der Waals surface area (Å²) in [7, 11) is 3.42. The number of hydrogen-bond acceptors (Lipinski definition) is 3. The van der Waals surface area contributed by atoms with E-state index in [1.165, 1.54) is 12.1 Å². The second kappa shape index (κ2) is 9.73. The predicted molar refractivity (Wildman–Crippen MR) is 116 cm³/mol. The van der Waals surface area contributed by atoms with Crippen molar-refractivity contribution >= 4 is 11.6 Å². The van der Waals surface area contributed by atoms with E-state index in [1.807, 2.05) is 54.4 Å². The smallest absolute Gasteiger partial charge is 0.416 e. The summed E-state index contributed by atoms with van der Waals surface area (Å²) < 4.78 is 43.7. The number of aliphatic hydroxyl groups is 1. The van der Waals surface area contributed by atoms with Gasteiger partial charge in [0, 0.05) is 29.2 Å². The number of likely N-dealkylation sites (N-methyl/N-ethyl adjacent to an activating group) is 1. The molecule has 3 nitrogen and oxygen atoms in total. The topological polar surface area (TPSA) is 32.7 Å². The average Bonchev–Trinajstić information content (AvgIpc) is 2.74. The van der Waals surface area contributed by atoms with Gasteiger partial charge in [-0.25, -0.2) is 0 Å². The zero-order chi connectivity index (χ0) is 22.6. The fraction of sp³-hybridized carbons (Fsp3) is 0.250. The van der Waals surface area contributed by atoms with Gasteiger partial charge in [-0.05, 0) is 42.4 Å². The number of alkyl halides is 3. The van der Waals surface area contributed by atoms with Crippen LogP contribution in [0.1, 0.15) is 22.8 Å². The Morgan fingerprint density at radius 2 is 1.71 bits per heavy atom. The minimum atomic E-state index is -4.40. The normalized spacial score (nSPS) is 12.8. The Labute approximate surface area is 184 Å². The summed E-state index contributed by atoms with van der Waals surface area (Å²) in [6, 6.07) is 17.9. The summed E-state index contributed by atoms with van der Waals surface area (Å²) in [6.07, 6.45) is -5.31. The first kappa shape index (κ1) is 23.1. The quantitative estimate of drug-likeness (QED) is 0.466. The van der Waals surface area contributed by atoms with Gasteiger partial charge in [0.05, 0.1) is 18.8 Å². The third-order valence-electron chi connectivity index (χ3n) is 5.02. The molecule has 3 aromatic carbocycles. The maximum Gasteiger partial charge on any atom is 0.416 e. The van der Waals surface area contributed by atoms with Crippen molar-refractivity contribution in [1.82, 2.24) is 4.90 Å². The van der Waals surface area contributed by atoms with Crippen LogP contribution < -0.4 is 4.74 Å². The van der Waals surface area contributed by atoms with Crippen molar-refractivity contribution < 1.29 is 23.0 Å². The summed E-state index contributed by atoms with van der Waals surface area (Å²) in [5.41, 5.74) is 2.44. The molecule has 0 spiro atoms. The number of ether oxygens (including phenoxy) is 1. The van der Waals surface area contributed by atoms with E-state index in [0.29, 0.717) is 22.9 Å². The van der Waals surface area contributed by atoms with Crippen molar-refractivity contribution in [2.45, 2.75) is 18.8 Å². The largest absolute Gasteiger partial charge is 0.496 e. The molecule has 0 bridgehead atoms. The van der Waals surface area contributed by atoms with Gasteiger partial charge in [0.2, 0.25) is 0 Å². The van der Waals surface area contributed by atoms with Gasteiger partial charge >= 0.3 is 6.18 Å². The van der Waals surface area contributed by atoms with Gasteiger partial charge in [-0.3, -0.25) is 4.90 Å². The molecule has 0 heterocycles. The zero-order valence-corrected chi connectivity index (χ0v) is 17.9. The molecule has 1 N–H and O–H groups in total. The van der Waals surface area contributed by atoms with Crippen LogP contribution in [0.4, 0.5) is 13.2 Å². The highest BCUT2D eigenvalue weighted by atomic mass is 35.5. The van der Waals surface area contributed by atoms with Gasteiger partial charge in [0.15, 0.2) is 0 Å². The summed E-state index contributed by atoms with van der Waals surface area (Å²) >= 11 is 6.29. The van der Waals surface area contributed by atoms with Crippen molar-refractivity contribution in [1.29, 1.82) is 0 Å². The van der Waals surface area contributed by atoms with Crippen molar-refractivity contribution in [3.63, 3.8) is 0 Å². The van der Waals surface area contributed by atoms with Crippen LogP contribution in [0.25, 0.3) is 11.1 Å². The second-order valence-corrected chi connectivity index (χ2v) is 7.75. The number of halogens is 4. The molecule has 0 aliphatic heterocycles. The highest BCUT2D eigenvalue weighted by Crippen LogP contribution is 2.33. The van der Waals surface area contributed by atoms with E-state index in [0.717, 1.165) is 28.8 Å². The van der Waals surface area contributed by atoms with Gasteiger partial charge in [0.25, 0.3) is 0 Å². The minimum Gasteiger partial charge on any atom is -0.496 e. The van der Waals surface area contributed by atoms with E-state index in [2.05, 4.69) is 0 Å². The van der Waals surface area contributed by atoms with Crippen molar-refractivity contribution in [3.05, 3.63) is 88.4 Å². The summed E-state index contributed by atoms with van der Waals surface area (Å²) in [5.74, 6) is 0.688. The summed E-state index contributed by atoms with van der Waals surface area (Å²) in [4.78, 5) is 1.88. The predicted octanol–water partition coefficient (Wildman–Crippen LogP) is 6.20. The molecule has 3 rings (SSSR count). The molecule has 0 amide bonds. The summed E-state index contributed by atoms with van der Waals surface area (Å²) in [5, 5.41) is 11.1. The fourth-order valence-electron chi connectivity index (χ4n) is 3.39. The lowest BCUT2D eigenvalue weighted by Crippen LogP contribution is -2.24. The number of methoxy groups -OCH3 is 1. The van der Waals surface area contributed by atoms with Crippen molar-refractivity contribution in [3.8, 4) is 16.9 Å².